The van der Waals surface area contributed by atoms with Gasteiger partial charge in [-0.15, -0.1) is 0 Å². The Balaban J connectivity index is 1.93. The van der Waals surface area contributed by atoms with E-state index in [-0.39, 0.29) is 0 Å². The van der Waals surface area contributed by atoms with Crippen molar-refractivity contribution in [2.24, 2.45) is 4.99 Å². The Morgan fingerprint density at radius 1 is 1.14 bits per heavy atom. The number of aliphatic imine (C=N–C) groups is 1. The summed E-state index contributed by atoms with van der Waals surface area (Å²) in [5, 5.41) is 0. The fraction of sp³-hybridized carbons (Fsp3) is 0.364. The molecule has 0 saturated carbocycles. The molecule has 1 aromatic rings. The minimum absolute atomic E-state index is 0.775. The number of benzene rings is 1. The van der Waals surface area contributed by atoms with Crippen molar-refractivity contribution in [3.63, 3.8) is 0 Å². The van der Waals surface area contributed by atoms with E-state index in [1.54, 1.807) is 0 Å². The van der Waals surface area contributed by atoms with E-state index < -0.39 is 0 Å². The number of ether oxygens (including phenoxy) is 1. The van der Waals surface area contributed by atoms with Gasteiger partial charge in [0.05, 0.1) is 18.9 Å². The Morgan fingerprint density at radius 3 is 2.57 bits per heavy atom. The standard InChI is InChI=1S/C11H13N2O/c1-2-4-11(5-3-1)12-10-13-6-8-14-9-7-13/h1-5H,6-9H2. The Bertz CT molecular complexity index is 291. The van der Waals surface area contributed by atoms with Crippen LogP contribution in [0.2, 0.25) is 0 Å². The fourth-order valence-corrected chi connectivity index (χ4v) is 1.29. The van der Waals surface area contributed by atoms with Crippen LogP contribution >= 0.6 is 0 Å². The van der Waals surface area contributed by atoms with Crippen LogP contribution in [0.3, 0.4) is 0 Å². The summed E-state index contributed by atoms with van der Waals surface area (Å²) in [4.78, 5) is 6.30. The van der Waals surface area contributed by atoms with Gasteiger partial charge in [-0.1, -0.05) is 18.2 Å². The van der Waals surface area contributed by atoms with E-state index in [1.807, 2.05) is 30.3 Å². The summed E-state index contributed by atoms with van der Waals surface area (Å²) in [6.07, 6.45) is 3.02. The van der Waals surface area contributed by atoms with Crippen molar-refractivity contribution in [1.82, 2.24) is 4.90 Å². The minimum Gasteiger partial charge on any atom is -0.378 e. The third-order valence-electron chi connectivity index (χ3n) is 2.09. The van der Waals surface area contributed by atoms with Gasteiger partial charge in [0.15, 0.2) is 6.34 Å². The van der Waals surface area contributed by atoms with E-state index in [2.05, 4.69) is 16.2 Å². The van der Waals surface area contributed by atoms with Crippen LogP contribution in [0.4, 0.5) is 5.69 Å². The molecule has 73 valence electrons. The molecule has 0 amide bonds. The molecule has 1 aliphatic rings. The molecular formula is C11H13N2O. The van der Waals surface area contributed by atoms with Crippen molar-refractivity contribution in [2.45, 2.75) is 0 Å². The predicted molar refractivity (Wildman–Crippen MR) is 55.9 cm³/mol. The van der Waals surface area contributed by atoms with Gasteiger partial charge in [0.1, 0.15) is 0 Å². The van der Waals surface area contributed by atoms with Crippen LogP contribution in [0.15, 0.2) is 35.3 Å². The van der Waals surface area contributed by atoms with Gasteiger partial charge in [0.2, 0.25) is 0 Å². The topological polar surface area (TPSA) is 24.8 Å². The molecule has 3 nitrogen and oxygen atoms in total. The van der Waals surface area contributed by atoms with E-state index in [4.69, 9.17) is 4.74 Å². The summed E-state index contributed by atoms with van der Waals surface area (Å²) >= 11 is 0. The summed E-state index contributed by atoms with van der Waals surface area (Å²) in [5.74, 6) is 0. The lowest BCUT2D eigenvalue weighted by atomic mass is 10.3. The highest BCUT2D eigenvalue weighted by Crippen LogP contribution is 2.08. The van der Waals surface area contributed by atoms with Crippen LogP contribution in [-0.4, -0.2) is 37.5 Å². The molecule has 0 bridgehead atoms. The number of morpholine rings is 1. The zero-order chi connectivity index (χ0) is 9.64. The van der Waals surface area contributed by atoms with Gasteiger partial charge >= 0.3 is 0 Å². The van der Waals surface area contributed by atoms with Crippen molar-refractivity contribution < 1.29 is 4.74 Å². The normalized spacial score (nSPS) is 17.6. The summed E-state index contributed by atoms with van der Waals surface area (Å²) in [6, 6.07) is 9.86. The second-order valence-electron chi connectivity index (χ2n) is 3.15. The summed E-state index contributed by atoms with van der Waals surface area (Å²) in [7, 11) is 0. The second kappa shape index (κ2) is 4.77. The highest BCUT2D eigenvalue weighted by Gasteiger charge is 2.06. The molecule has 1 radical (unpaired) electrons. The molecule has 0 atom stereocenters. The SMILES string of the molecule is [C](=N\c1ccccc1)/N1CCOCC1. The zero-order valence-corrected chi connectivity index (χ0v) is 8.02. The van der Waals surface area contributed by atoms with Crippen LogP contribution in [-0.2, 0) is 4.74 Å². The molecule has 1 aromatic carbocycles. The zero-order valence-electron chi connectivity index (χ0n) is 8.02. The first kappa shape index (κ1) is 9.21. The Morgan fingerprint density at radius 2 is 1.86 bits per heavy atom. The molecule has 1 heterocycles. The molecule has 3 heteroatoms. The smallest absolute Gasteiger partial charge is 0.172 e. The molecule has 1 fully saturated rings. The van der Waals surface area contributed by atoms with Gasteiger partial charge in [0.25, 0.3) is 0 Å². The maximum absolute atomic E-state index is 5.23. The van der Waals surface area contributed by atoms with Gasteiger partial charge < -0.3 is 9.64 Å². The molecule has 2 rings (SSSR count). The highest BCUT2D eigenvalue weighted by atomic mass is 16.5. The van der Waals surface area contributed by atoms with Gasteiger partial charge in [-0.05, 0) is 12.1 Å². The molecule has 0 N–H and O–H groups in total. The molecule has 1 aliphatic heterocycles. The molecule has 0 aliphatic carbocycles. The maximum atomic E-state index is 5.23. The van der Waals surface area contributed by atoms with Crippen molar-refractivity contribution in [2.75, 3.05) is 26.3 Å². The Kier molecular flexibility index (Phi) is 3.14. The number of hydrogen-bond acceptors (Lipinski definition) is 2. The average molecular weight is 189 g/mol. The third kappa shape index (κ3) is 2.57. The Hall–Kier alpha value is -1.35. The molecule has 1 saturated heterocycles. The Labute approximate surface area is 84.0 Å². The van der Waals surface area contributed by atoms with Crippen LogP contribution in [0.1, 0.15) is 0 Å². The van der Waals surface area contributed by atoms with Crippen molar-refractivity contribution in [3.05, 3.63) is 30.3 Å². The van der Waals surface area contributed by atoms with Gasteiger partial charge in [0, 0.05) is 13.1 Å². The first-order valence-electron chi connectivity index (χ1n) is 4.79. The maximum Gasteiger partial charge on any atom is 0.172 e. The van der Waals surface area contributed by atoms with Crippen LogP contribution in [0.25, 0.3) is 0 Å². The number of nitrogens with zero attached hydrogens (tertiary/aromatic N) is 2. The lowest BCUT2D eigenvalue weighted by Gasteiger charge is -2.23. The first-order chi connectivity index (χ1) is 6.95. The van der Waals surface area contributed by atoms with Gasteiger partial charge in [-0.3, -0.25) is 0 Å². The first-order valence-corrected chi connectivity index (χ1v) is 4.79. The number of hydrogen-bond donors (Lipinski definition) is 0. The minimum atomic E-state index is 0.775. The largest absolute Gasteiger partial charge is 0.378 e. The quantitative estimate of drug-likeness (QED) is 0.521. The molecular weight excluding hydrogens is 176 g/mol. The third-order valence-corrected chi connectivity index (χ3v) is 2.09. The monoisotopic (exact) mass is 189 g/mol. The number of para-hydroxylation sites is 1. The van der Waals surface area contributed by atoms with E-state index in [0.717, 1.165) is 32.0 Å². The molecule has 0 spiro atoms. The lowest BCUT2D eigenvalue weighted by Crippen LogP contribution is -2.34. The van der Waals surface area contributed by atoms with Crippen molar-refractivity contribution in [1.29, 1.82) is 0 Å². The van der Waals surface area contributed by atoms with Gasteiger partial charge in [-0.2, -0.15) is 0 Å². The van der Waals surface area contributed by atoms with Crippen LogP contribution in [0, 0.1) is 0 Å². The predicted octanol–water partition coefficient (Wildman–Crippen LogP) is 1.56. The summed E-state index contributed by atoms with van der Waals surface area (Å²) < 4.78 is 5.23. The van der Waals surface area contributed by atoms with Crippen LogP contribution in [0.5, 0.6) is 0 Å². The van der Waals surface area contributed by atoms with E-state index in [1.165, 1.54) is 0 Å². The van der Waals surface area contributed by atoms with Gasteiger partial charge in [-0.25, -0.2) is 4.99 Å². The average Bonchev–Trinajstić information content (AvgIpc) is 2.29. The molecule has 14 heavy (non-hydrogen) atoms. The highest BCUT2D eigenvalue weighted by molar-refractivity contribution is 5.61. The van der Waals surface area contributed by atoms with E-state index in [9.17, 15) is 0 Å². The second-order valence-corrected chi connectivity index (χ2v) is 3.15. The van der Waals surface area contributed by atoms with Crippen molar-refractivity contribution >= 4 is 12.0 Å². The van der Waals surface area contributed by atoms with Crippen molar-refractivity contribution in [3.8, 4) is 0 Å². The lowest BCUT2D eigenvalue weighted by molar-refractivity contribution is 0.0701. The summed E-state index contributed by atoms with van der Waals surface area (Å²) in [6.45, 7) is 3.32. The fourth-order valence-electron chi connectivity index (χ4n) is 1.29. The summed E-state index contributed by atoms with van der Waals surface area (Å²) in [5.41, 5.74) is 0.944. The van der Waals surface area contributed by atoms with E-state index in [0.29, 0.717) is 0 Å². The molecule has 0 aromatic heterocycles. The molecule has 0 unspecified atom stereocenters. The number of rotatable bonds is 2. The van der Waals surface area contributed by atoms with E-state index >= 15 is 0 Å². The van der Waals surface area contributed by atoms with Crippen LogP contribution < -0.4 is 0 Å².